The Morgan fingerprint density at radius 3 is 2.60 bits per heavy atom. The van der Waals surface area contributed by atoms with Crippen LogP contribution in [0.15, 0.2) is 52.8 Å². The van der Waals surface area contributed by atoms with Gasteiger partial charge in [0.05, 0.1) is 18.0 Å². The van der Waals surface area contributed by atoms with Gasteiger partial charge in [-0.2, -0.15) is 0 Å². The SMILES string of the molecule is CCOC(=O)C1=CNC2=CCN(S(=O)(=O)c3ccc(C)cc3)N2C1=O. The standard InChI is InChI=1S/C16H17N3O5S/c1-3-24-16(21)13-10-17-14-8-9-18(19(14)15(13)20)25(22,23)12-6-4-11(2)5-7-12/h4-8,10,17H,3,9H2,1-2H3. The van der Waals surface area contributed by atoms with Gasteiger partial charge in [-0.3, -0.25) is 4.79 Å². The maximum Gasteiger partial charge on any atom is 0.345 e. The Morgan fingerprint density at radius 1 is 1.28 bits per heavy atom. The summed E-state index contributed by atoms with van der Waals surface area (Å²) in [5.74, 6) is -1.27. The fraction of sp³-hybridized carbons (Fsp3) is 0.250. The van der Waals surface area contributed by atoms with Crippen LogP contribution < -0.4 is 5.32 Å². The normalized spacial score (nSPS) is 17.5. The highest BCUT2D eigenvalue weighted by molar-refractivity contribution is 7.89. The molecule has 0 saturated carbocycles. The molecule has 0 radical (unpaired) electrons. The molecule has 1 aromatic carbocycles. The number of benzene rings is 1. The predicted octanol–water partition coefficient (Wildman–Crippen LogP) is 0.635. The molecule has 1 aromatic rings. The van der Waals surface area contributed by atoms with E-state index >= 15 is 0 Å². The Balaban J connectivity index is 1.93. The van der Waals surface area contributed by atoms with Crippen LogP contribution in [0, 0.1) is 6.92 Å². The van der Waals surface area contributed by atoms with E-state index in [1.54, 1.807) is 25.1 Å². The lowest BCUT2D eigenvalue weighted by molar-refractivity contribution is -0.144. The average molecular weight is 363 g/mol. The molecular formula is C16H17N3O5S. The van der Waals surface area contributed by atoms with Gasteiger partial charge in [-0.05, 0) is 32.1 Å². The number of hydrazine groups is 1. The van der Waals surface area contributed by atoms with Crippen molar-refractivity contribution in [2.45, 2.75) is 18.7 Å². The van der Waals surface area contributed by atoms with E-state index in [2.05, 4.69) is 5.32 Å². The topological polar surface area (TPSA) is 96.0 Å². The maximum atomic E-state index is 12.9. The summed E-state index contributed by atoms with van der Waals surface area (Å²) < 4.78 is 31.5. The molecule has 2 heterocycles. The minimum absolute atomic E-state index is 0.0196. The first-order valence-corrected chi connectivity index (χ1v) is 9.08. The molecule has 0 saturated heterocycles. The Kier molecular flexibility index (Phi) is 4.36. The smallest absolute Gasteiger partial charge is 0.345 e. The monoisotopic (exact) mass is 363 g/mol. The molecule has 8 nitrogen and oxygen atoms in total. The van der Waals surface area contributed by atoms with Gasteiger partial charge in [0.25, 0.3) is 15.9 Å². The number of nitrogens with zero attached hydrogens (tertiary/aromatic N) is 2. The van der Waals surface area contributed by atoms with E-state index < -0.39 is 21.9 Å². The summed E-state index contributed by atoms with van der Waals surface area (Å²) in [5, 5.41) is 3.71. The van der Waals surface area contributed by atoms with Crippen molar-refractivity contribution in [2.75, 3.05) is 13.2 Å². The number of carbonyl (C=O) groups excluding carboxylic acids is 2. The zero-order valence-corrected chi connectivity index (χ0v) is 14.5. The number of fused-ring (bicyclic) bond motifs is 1. The van der Waals surface area contributed by atoms with Gasteiger partial charge in [0.15, 0.2) is 0 Å². The third kappa shape index (κ3) is 2.92. The van der Waals surface area contributed by atoms with E-state index in [1.165, 1.54) is 18.3 Å². The molecule has 2 aliphatic heterocycles. The molecule has 0 bridgehead atoms. The van der Waals surface area contributed by atoms with E-state index in [0.717, 1.165) is 15.0 Å². The van der Waals surface area contributed by atoms with Gasteiger partial charge >= 0.3 is 5.97 Å². The van der Waals surface area contributed by atoms with Crippen molar-refractivity contribution in [1.82, 2.24) is 14.7 Å². The Labute approximate surface area is 145 Å². The molecule has 0 atom stereocenters. The van der Waals surface area contributed by atoms with E-state index in [4.69, 9.17) is 4.74 Å². The maximum absolute atomic E-state index is 12.9. The molecule has 25 heavy (non-hydrogen) atoms. The second-order valence-corrected chi connectivity index (χ2v) is 7.30. The summed E-state index contributed by atoms with van der Waals surface area (Å²) in [6.45, 7) is 3.56. The second kappa shape index (κ2) is 6.34. The minimum atomic E-state index is -3.95. The molecule has 0 spiro atoms. The minimum Gasteiger partial charge on any atom is -0.462 e. The van der Waals surface area contributed by atoms with Gasteiger partial charge in [0.2, 0.25) is 0 Å². The number of aryl methyl sites for hydroxylation is 1. The lowest BCUT2D eigenvalue weighted by Gasteiger charge is -2.32. The van der Waals surface area contributed by atoms with Crippen LogP contribution in [0.25, 0.3) is 0 Å². The van der Waals surface area contributed by atoms with Crippen LogP contribution in [0.2, 0.25) is 0 Å². The van der Waals surface area contributed by atoms with Gasteiger partial charge in [0, 0.05) is 6.20 Å². The number of sulfonamides is 1. The lowest BCUT2D eigenvalue weighted by atomic mass is 10.2. The second-order valence-electron chi connectivity index (χ2n) is 5.45. The van der Waals surface area contributed by atoms with Gasteiger partial charge in [0.1, 0.15) is 11.4 Å². The van der Waals surface area contributed by atoms with Gasteiger partial charge in [-0.15, -0.1) is 0 Å². The van der Waals surface area contributed by atoms with Gasteiger partial charge in [-0.1, -0.05) is 22.1 Å². The fourth-order valence-electron chi connectivity index (χ4n) is 2.50. The van der Waals surface area contributed by atoms with Gasteiger partial charge in [-0.25, -0.2) is 18.2 Å². The van der Waals surface area contributed by atoms with Crippen LogP contribution in [0.4, 0.5) is 0 Å². The van der Waals surface area contributed by atoms with Crippen LogP contribution in [0.3, 0.4) is 0 Å². The molecule has 0 unspecified atom stereocenters. The largest absolute Gasteiger partial charge is 0.462 e. The zero-order chi connectivity index (χ0) is 18.2. The number of ether oxygens (including phenoxy) is 1. The summed E-state index contributed by atoms with van der Waals surface area (Å²) in [5.41, 5.74) is 0.660. The van der Waals surface area contributed by atoms with Crippen molar-refractivity contribution in [1.29, 1.82) is 0 Å². The number of hydrogen-bond acceptors (Lipinski definition) is 6. The van der Waals surface area contributed by atoms with Gasteiger partial charge < -0.3 is 10.1 Å². The highest BCUT2D eigenvalue weighted by Crippen LogP contribution is 2.28. The van der Waals surface area contributed by atoms with Crippen LogP contribution in [0.1, 0.15) is 12.5 Å². The van der Waals surface area contributed by atoms with E-state index in [9.17, 15) is 18.0 Å². The first-order chi connectivity index (χ1) is 11.9. The Hall–Kier alpha value is -2.65. The molecule has 3 rings (SSSR count). The molecule has 0 aromatic heterocycles. The number of carbonyl (C=O) groups is 2. The highest BCUT2D eigenvalue weighted by atomic mass is 32.2. The molecular weight excluding hydrogens is 346 g/mol. The van der Waals surface area contributed by atoms with E-state index in [1.807, 2.05) is 6.92 Å². The van der Waals surface area contributed by atoms with Crippen LogP contribution in [-0.2, 0) is 24.3 Å². The van der Waals surface area contributed by atoms with E-state index in [-0.39, 0.29) is 29.4 Å². The lowest BCUT2D eigenvalue weighted by Crippen LogP contribution is -2.50. The first kappa shape index (κ1) is 17.2. The number of amides is 1. The first-order valence-electron chi connectivity index (χ1n) is 7.64. The van der Waals surface area contributed by atoms with Crippen molar-refractivity contribution in [3.8, 4) is 0 Å². The quantitative estimate of drug-likeness (QED) is 0.623. The molecule has 0 fully saturated rings. The Morgan fingerprint density at radius 2 is 1.96 bits per heavy atom. The number of esters is 1. The van der Waals surface area contributed by atoms with Crippen molar-refractivity contribution >= 4 is 21.9 Å². The summed E-state index contributed by atoms with van der Waals surface area (Å²) in [7, 11) is -3.95. The zero-order valence-electron chi connectivity index (χ0n) is 13.7. The summed E-state index contributed by atoms with van der Waals surface area (Å²) in [6.07, 6.45) is 2.78. The van der Waals surface area contributed by atoms with Crippen LogP contribution in [-0.4, -0.2) is 42.9 Å². The summed E-state index contributed by atoms with van der Waals surface area (Å²) >= 11 is 0. The molecule has 1 amide bonds. The number of rotatable bonds is 4. The number of hydrogen-bond donors (Lipinski definition) is 1. The summed E-state index contributed by atoms with van der Waals surface area (Å²) in [4.78, 5) is 24.6. The Bertz CT molecular complexity index is 887. The molecule has 132 valence electrons. The molecule has 0 aliphatic carbocycles. The van der Waals surface area contributed by atoms with Crippen molar-refractivity contribution in [2.24, 2.45) is 0 Å². The van der Waals surface area contributed by atoms with Crippen molar-refractivity contribution in [3.63, 3.8) is 0 Å². The summed E-state index contributed by atoms with van der Waals surface area (Å²) in [6, 6.07) is 6.31. The highest BCUT2D eigenvalue weighted by Gasteiger charge is 2.43. The van der Waals surface area contributed by atoms with E-state index in [0.29, 0.717) is 0 Å². The third-order valence-corrected chi connectivity index (χ3v) is 5.51. The molecule has 9 heteroatoms. The van der Waals surface area contributed by atoms with Crippen molar-refractivity contribution < 1.29 is 22.7 Å². The molecule has 2 aliphatic rings. The van der Waals surface area contributed by atoms with Crippen LogP contribution >= 0.6 is 0 Å². The molecule has 1 N–H and O–H groups in total. The number of nitrogens with one attached hydrogen (secondary N) is 1. The fourth-order valence-corrected chi connectivity index (χ4v) is 3.87. The van der Waals surface area contributed by atoms with Crippen LogP contribution in [0.5, 0.6) is 0 Å². The average Bonchev–Trinajstić information content (AvgIpc) is 3.01. The third-order valence-electron chi connectivity index (χ3n) is 3.77. The van der Waals surface area contributed by atoms with Crippen molar-refractivity contribution in [3.05, 3.63) is 53.5 Å². The predicted molar refractivity (Wildman–Crippen MR) is 87.9 cm³/mol.